The summed E-state index contributed by atoms with van der Waals surface area (Å²) in [4.78, 5) is 38.0. The molecule has 6 heteroatoms. The molecule has 0 saturated heterocycles. The van der Waals surface area contributed by atoms with Gasteiger partial charge in [0, 0.05) is 19.3 Å². The highest BCUT2D eigenvalue weighted by atomic mass is 16.6. The van der Waals surface area contributed by atoms with Gasteiger partial charge in [0.2, 0.25) is 0 Å². The normalized spacial score (nSPS) is 12.8. The van der Waals surface area contributed by atoms with Crippen molar-refractivity contribution in [2.45, 2.75) is 252 Å². The number of allylic oxidation sites excluding steroid dienone is 16. The Morgan fingerprint density at radius 2 is 0.682 bits per heavy atom. The van der Waals surface area contributed by atoms with Gasteiger partial charge in [0.1, 0.15) is 13.2 Å². The standard InChI is InChI=1S/C60H100O6/c1-4-7-10-13-16-19-22-25-27-29-31-33-35-38-41-44-47-50-53-59(62)65-56-57(55-64-58(61)52-49-46-43-40-37-24-21-18-15-12-9-6-3)66-60(63)54-51-48-45-42-39-36-34-32-30-28-26-23-20-17-14-11-8-5-2/h9-10,12-13,16,18-19,21-22,25,27,29,31,33,37,40,57H,4-8,11,14-15,17,20,23-24,26,28,30,32,34-36,38-39,41-56H2,1-3H3/b12-9-,13-10-,19-16-,21-18-,25-22-,29-27-,33-31-,40-37-. The minimum Gasteiger partial charge on any atom is -0.462 e. The molecule has 0 amide bonds. The lowest BCUT2D eigenvalue weighted by Crippen LogP contribution is -2.30. The molecule has 0 aromatic heterocycles. The molecule has 6 nitrogen and oxygen atoms in total. The van der Waals surface area contributed by atoms with E-state index in [1.54, 1.807) is 0 Å². The van der Waals surface area contributed by atoms with E-state index in [0.29, 0.717) is 19.3 Å². The third-order valence-electron chi connectivity index (χ3n) is 11.4. The summed E-state index contributed by atoms with van der Waals surface area (Å²) in [6, 6.07) is 0. The fourth-order valence-electron chi connectivity index (χ4n) is 7.37. The van der Waals surface area contributed by atoms with E-state index in [2.05, 4.69) is 93.7 Å². The van der Waals surface area contributed by atoms with Crippen LogP contribution >= 0.6 is 0 Å². The molecule has 0 N–H and O–H groups in total. The molecule has 0 aliphatic carbocycles. The zero-order chi connectivity index (χ0) is 47.9. The second kappa shape index (κ2) is 53.9. The Labute approximate surface area is 407 Å². The SMILES string of the molecule is CC/C=C\C/C=C\C/C=C\CCCCC(=O)OCC(COC(=O)CCCCCCC\C=C/C=C\C=C/C=C\C=C/CCC)OC(=O)CCCCCCCCCCCCCCCCCCCC. The van der Waals surface area contributed by atoms with E-state index in [9.17, 15) is 14.4 Å². The summed E-state index contributed by atoms with van der Waals surface area (Å²) >= 11 is 0. The quantitative estimate of drug-likeness (QED) is 0.0199. The van der Waals surface area contributed by atoms with Crippen LogP contribution in [0.3, 0.4) is 0 Å². The van der Waals surface area contributed by atoms with E-state index in [4.69, 9.17) is 14.2 Å². The predicted molar refractivity (Wildman–Crippen MR) is 284 cm³/mol. The number of hydrogen-bond acceptors (Lipinski definition) is 6. The number of unbranched alkanes of at least 4 members (excludes halogenated alkanes) is 25. The summed E-state index contributed by atoms with van der Waals surface area (Å²) in [5.41, 5.74) is 0. The summed E-state index contributed by atoms with van der Waals surface area (Å²) in [5.74, 6) is -0.962. The topological polar surface area (TPSA) is 78.9 Å². The van der Waals surface area contributed by atoms with Crippen LogP contribution in [0.2, 0.25) is 0 Å². The van der Waals surface area contributed by atoms with Crippen molar-refractivity contribution >= 4 is 17.9 Å². The van der Waals surface area contributed by atoms with E-state index in [0.717, 1.165) is 103 Å². The summed E-state index contributed by atoms with van der Waals surface area (Å²) in [5, 5.41) is 0. The molecular weight excluding hydrogens is 817 g/mol. The van der Waals surface area contributed by atoms with Crippen LogP contribution in [-0.2, 0) is 28.6 Å². The largest absolute Gasteiger partial charge is 0.462 e. The van der Waals surface area contributed by atoms with Crippen molar-refractivity contribution in [1.29, 1.82) is 0 Å². The average molecular weight is 917 g/mol. The van der Waals surface area contributed by atoms with E-state index in [1.165, 1.54) is 103 Å². The van der Waals surface area contributed by atoms with E-state index in [-0.39, 0.29) is 31.1 Å². The maximum atomic E-state index is 12.8. The fraction of sp³-hybridized carbons (Fsp3) is 0.683. The number of carbonyl (C=O) groups excluding carboxylic acids is 3. The number of hydrogen-bond donors (Lipinski definition) is 0. The summed E-state index contributed by atoms with van der Waals surface area (Å²) in [7, 11) is 0. The number of carbonyl (C=O) groups is 3. The van der Waals surface area contributed by atoms with Gasteiger partial charge in [-0.3, -0.25) is 14.4 Å². The monoisotopic (exact) mass is 917 g/mol. The molecule has 0 aliphatic heterocycles. The Morgan fingerprint density at radius 3 is 1.15 bits per heavy atom. The fourth-order valence-corrected chi connectivity index (χ4v) is 7.37. The van der Waals surface area contributed by atoms with E-state index in [1.807, 2.05) is 24.3 Å². The van der Waals surface area contributed by atoms with Crippen molar-refractivity contribution in [3.8, 4) is 0 Å². The van der Waals surface area contributed by atoms with Gasteiger partial charge in [-0.15, -0.1) is 0 Å². The molecule has 0 radical (unpaired) electrons. The first-order valence-corrected chi connectivity index (χ1v) is 27.3. The molecule has 376 valence electrons. The van der Waals surface area contributed by atoms with Gasteiger partial charge < -0.3 is 14.2 Å². The molecule has 0 rings (SSSR count). The second-order valence-corrected chi connectivity index (χ2v) is 17.9. The highest BCUT2D eigenvalue weighted by Gasteiger charge is 2.19. The van der Waals surface area contributed by atoms with Gasteiger partial charge in [-0.2, -0.15) is 0 Å². The first-order valence-electron chi connectivity index (χ1n) is 27.3. The zero-order valence-corrected chi connectivity index (χ0v) is 42.9. The zero-order valence-electron chi connectivity index (χ0n) is 42.9. The summed E-state index contributed by atoms with van der Waals surface area (Å²) < 4.78 is 16.8. The Morgan fingerprint density at radius 1 is 0.333 bits per heavy atom. The third kappa shape index (κ3) is 51.3. The van der Waals surface area contributed by atoms with Crippen LogP contribution in [0.4, 0.5) is 0 Å². The molecule has 1 atom stereocenters. The van der Waals surface area contributed by atoms with Gasteiger partial charge in [-0.05, 0) is 70.6 Å². The first-order chi connectivity index (χ1) is 32.5. The van der Waals surface area contributed by atoms with Crippen molar-refractivity contribution in [2.75, 3.05) is 13.2 Å². The van der Waals surface area contributed by atoms with Gasteiger partial charge in [-0.25, -0.2) is 0 Å². The van der Waals surface area contributed by atoms with Gasteiger partial charge >= 0.3 is 17.9 Å². The third-order valence-corrected chi connectivity index (χ3v) is 11.4. The van der Waals surface area contributed by atoms with E-state index < -0.39 is 6.10 Å². The van der Waals surface area contributed by atoms with E-state index >= 15 is 0 Å². The second-order valence-electron chi connectivity index (χ2n) is 17.9. The van der Waals surface area contributed by atoms with Gasteiger partial charge in [0.25, 0.3) is 0 Å². The average Bonchev–Trinajstić information content (AvgIpc) is 3.31. The van der Waals surface area contributed by atoms with Crippen LogP contribution in [-0.4, -0.2) is 37.2 Å². The van der Waals surface area contributed by atoms with Crippen LogP contribution in [0, 0.1) is 0 Å². The Bertz CT molecular complexity index is 1330. The minimum atomic E-state index is -0.803. The molecule has 0 heterocycles. The Hall–Kier alpha value is -3.67. The number of rotatable bonds is 48. The van der Waals surface area contributed by atoms with Crippen molar-refractivity contribution < 1.29 is 28.6 Å². The van der Waals surface area contributed by atoms with Crippen LogP contribution in [0.15, 0.2) is 97.2 Å². The molecule has 66 heavy (non-hydrogen) atoms. The molecule has 1 unspecified atom stereocenters. The molecule has 0 aromatic carbocycles. The molecule has 0 fully saturated rings. The highest BCUT2D eigenvalue weighted by molar-refractivity contribution is 5.71. The lowest BCUT2D eigenvalue weighted by atomic mass is 10.0. The smallest absolute Gasteiger partial charge is 0.306 e. The van der Waals surface area contributed by atoms with Crippen molar-refractivity contribution in [3.05, 3.63) is 97.2 Å². The summed E-state index contributed by atoms with van der Waals surface area (Å²) in [6.07, 6.45) is 71.1. The first kappa shape index (κ1) is 62.3. The lowest BCUT2D eigenvalue weighted by Gasteiger charge is -2.18. The van der Waals surface area contributed by atoms with Crippen molar-refractivity contribution in [2.24, 2.45) is 0 Å². The van der Waals surface area contributed by atoms with Gasteiger partial charge in [-0.1, -0.05) is 253 Å². The molecule has 0 bridgehead atoms. The maximum Gasteiger partial charge on any atom is 0.306 e. The van der Waals surface area contributed by atoms with Crippen LogP contribution < -0.4 is 0 Å². The van der Waals surface area contributed by atoms with Gasteiger partial charge in [0.15, 0.2) is 6.10 Å². The molecule has 0 spiro atoms. The highest BCUT2D eigenvalue weighted by Crippen LogP contribution is 2.16. The lowest BCUT2D eigenvalue weighted by molar-refractivity contribution is -0.167. The maximum absolute atomic E-state index is 12.8. The molecule has 0 aromatic rings. The minimum absolute atomic E-state index is 0.102. The van der Waals surface area contributed by atoms with Crippen LogP contribution in [0.25, 0.3) is 0 Å². The predicted octanol–water partition coefficient (Wildman–Crippen LogP) is 18.1. The van der Waals surface area contributed by atoms with Gasteiger partial charge in [0.05, 0.1) is 0 Å². The van der Waals surface area contributed by atoms with Crippen molar-refractivity contribution in [1.82, 2.24) is 0 Å². The molecule has 0 aliphatic rings. The molecular formula is C60H100O6. The Balaban J connectivity index is 4.44. The van der Waals surface area contributed by atoms with Crippen molar-refractivity contribution in [3.63, 3.8) is 0 Å². The van der Waals surface area contributed by atoms with Crippen LogP contribution in [0.1, 0.15) is 245 Å². The molecule has 0 saturated carbocycles. The number of esters is 3. The Kier molecular flexibility index (Phi) is 50.9. The number of ether oxygens (including phenoxy) is 3. The summed E-state index contributed by atoms with van der Waals surface area (Å²) in [6.45, 7) is 6.39. The van der Waals surface area contributed by atoms with Crippen LogP contribution in [0.5, 0.6) is 0 Å².